The minimum atomic E-state index is -0.792. The lowest BCUT2D eigenvalue weighted by Crippen LogP contribution is -2.50. The fourth-order valence-corrected chi connectivity index (χ4v) is 6.44. The molecule has 9 nitrogen and oxygen atoms in total. The van der Waals surface area contributed by atoms with Crippen LogP contribution in [0.2, 0.25) is 5.02 Å². The van der Waals surface area contributed by atoms with Crippen molar-refractivity contribution in [3.63, 3.8) is 0 Å². The summed E-state index contributed by atoms with van der Waals surface area (Å²) < 4.78 is 48.7. The van der Waals surface area contributed by atoms with Crippen molar-refractivity contribution >= 4 is 34.4 Å². The molecule has 0 atom stereocenters. The topological polar surface area (TPSA) is 80.3 Å². The molecule has 2 saturated heterocycles. The number of methoxy groups -OCH3 is 1. The standard InChI is InChI=1S/C33H40ClF2N5O4/c1-33(2,3)45-32(42)41-16-14-40(15-17-41)30-22-18-23(34)26(27-24(35)6-5-7-25(27)43-4)28(36)29(22)37-31(38-30)44-19-20-10-12-39(13-11-20)21-8-9-21/h5-7,18,20-21H,8-17,19H2,1-4H3. The van der Waals surface area contributed by atoms with Crippen LogP contribution in [-0.2, 0) is 4.74 Å². The Morgan fingerprint density at radius 1 is 1.00 bits per heavy atom. The van der Waals surface area contributed by atoms with Gasteiger partial charge in [0.2, 0.25) is 0 Å². The van der Waals surface area contributed by atoms with Gasteiger partial charge in [0, 0.05) is 43.2 Å². The summed E-state index contributed by atoms with van der Waals surface area (Å²) in [5, 5.41) is 0.365. The van der Waals surface area contributed by atoms with E-state index in [1.807, 2.05) is 25.7 Å². The van der Waals surface area contributed by atoms with Gasteiger partial charge in [0.1, 0.15) is 28.5 Å². The smallest absolute Gasteiger partial charge is 0.410 e. The fraction of sp³-hybridized carbons (Fsp3) is 0.545. The molecule has 1 aliphatic carbocycles. The molecule has 3 heterocycles. The predicted molar refractivity (Wildman–Crippen MR) is 169 cm³/mol. The highest BCUT2D eigenvalue weighted by atomic mass is 35.5. The number of halogens is 3. The number of nitrogens with zero attached hydrogens (tertiary/aromatic N) is 5. The van der Waals surface area contributed by atoms with Crippen LogP contribution in [-0.4, -0.2) is 90.5 Å². The molecule has 0 N–H and O–H groups in total. The molecule has 3 aromatic rings. The first-order valence-electron chi connectivity index (χ1n) is 15.6. The van der Waals surface area contributed by atoms with E-state index in [1.54, 1.807) is 17.0 Å². The van der Waals surface area contributed by atoms with Crippen LogP contribution < -0.4 is 14.4 Å². The second-order valence-corrected chi connectivity index (χ2v) is 13.5. The van der Waals surface area contributed by atoms with E-state index in [1.165, 1.54) is 32.1 Å². The molecule has 2 aliphatic heterocycles. The lowest BCUT2D eigenvalue weighted by atomic mass is 9.98. The molecular formula is C33H40ClF2N5O4. The summed E-state index contributed by atoms with van der Waals surface area (Å²) in [5.41, 5.74) is -0.861. The zero-order chi connectivity index (χ0) is 31.9. The van der Waals surface area contributed by atoms with Crippen molar-refractivity contribution in [2.45, 2.75) is 58.1 Å². The molecule has 2 aromatic carbocycles. The number of hydrogen-bond donors (Lipinski definition) is 0. The maximum Gasteiger partial charge on any atom is 0.410 e. The quantitative estimate of drug-likeness (QED) is 0.287. The first-order valence-corrected chi connectivity index (χ1v) is 16.0. The maximum absolute atomic E-state index is 16.5. The number of anilines is 1. The predicted octanol–water partition coefficient (Wildman–Crippen LogP) is 6.55. The Labute approximate surface area is 267 Å². The summed E-state index contributed by atoms with van der Waals surface area (Å²) in [6.45, 7) is 9.61. The largest absolute Gasteiger partial charge is 0.496 e. The third kappa shape index (κ3) is 6.89. The van der Waals surface area contributed by atoms with Gasteiger partial charge in [-0.05, 0) is 83.7 Å². The molecule has 1 saturated carbocycles. The Balaban J connectivity index is 1.33. The molecule has 0 spiro atoms. The van der Waals surface area contributed by atoms with Crippen molar-refractivity contribution in [1.29, 1.82) is 0 Å². The van der Waals surface area contributed by atoms with Gasteiger partial charge in [-0.3, -0.25) is 0 Å². The molecule has 0 unspecified atom stereocenters. The molecule has 3 fully saturated rings. The van der Waals surface area contributed by atoms with Crippen LogP contribution in [0.25, 0.3) is 22.0 Å². The van der Waals surface area contributed by atoms with E-state index in [9.17, 15) is 4.79 Å². The van der Waals surface area contributed by atoms with Gasteiger partial charge in [0.05, 0.1) is 24.3 Å². The number of rotatable bonds is 7. The Morgan fingerprint density at radius 3 is 2.36 bits per heavy atom. The normalized spacial score (nSPS) is 18.4. The average Bonchev–Trinajstić information content (AvgIpc) is 3.86. The molecule has 6 rings (SSSR count). The van der Waals surface area contributed by atoms with Gasteiger partial charge in [-0.15, -0.1) is 0 Å². The van der Waals surface area contributed by atoms with E-state index in [0.717, 1.165) is 32.0 Å². The molecule has 12 heteroatoms. The van der Waals surface area contributed by atoms with Crippen LogP contribution >= 0.6 is 11.6 Å². The van der Waals surface area contributed by atoms with Crippen molar-refractivity contribution in [3.05, 3.63) is 40.9 Å². The molecule has 1 aromatic heterocycles. The number of ether oxygens (including phenoxy) is 3. The fourth-order valence-electron chi connectivity index (χ4n) is 6.16. The Kier molecular flexibility index (Phi) is 8.94. The number of carbonyl (C=O) groups excluding carboxylic acids is 1. The van der Waals surface area contributed by atoms with Crippen molar-refractivity contribution < 1.29 is 27.8 Å². The highest BCUT2D eigenvalue weighted by Gasteiger charge is 2.33. The number of likely N-dealkylation sites (tertiary alicyclic amines) is 1. The Morgan fingerprint density at radius 2 is 1.71 bits per heavy atom. The molecule has 3 aliphatic rings. The number of carbonyl (C=O) groups is 1. The first kappa shape index (κ1) is 31.5. The first-order chi connectivity index (χ1) is 21.5. The van der Waals surface area contributed by atoms with Gasteiger partial charge in [-0.25, -0.2) is 13.6 Å². The van der Waals surface area contributed by atoms with Crippen molar-refractivity contribution in [3.8, 4) is 22.9 Å². The van der Waals surface area contributed by atoms with Gasteiger partial charge >= 0.3 is 12.1 Å². The van der Waals surface area contributed by atoms with E-state index in [0.29, 0.717) is 49.9 Å². The van der Waals surface area contributed by atoms with Crippen LogP contribution in [0, 0.1) is 17.6 Å². The highest BCUT2D eigenvalue weighted by molar-refractivity contribution is 6.34. The van der Waals surface area contributed by atoms with Gasteiger partial charge < -0.3 is 28.9 Å². The second kappa shape index (κ2) is 12.7. The second-order valence-electron chi connectivity index (χ2n) is 13.1. The van der Waals surface area contributed by atoms with Crippen LogP contribution in [0.15, 0.2) is 24.3 Å². The van der Waals surface area contributed by atoms with E-state index in [2.05, 4.69) is 9.88 Å². The Bertz CT molecular complexity index is 1570. The molecule has 242 valence electrons. The highest BCUT2D eigenvalue weighted by Crippen LogP contribution is 2.43. The van der Waals surface area contributed by atoms with E-state index < -0.39 is 17.2 Å². The van der Waals surface area contributed by atoms with E-state index in [4.69, 9.17) is 30.8 Å². The summed E-state index contributed by atoms with van der Waals surface area (Å²) >= 11 is 6.68. The van der Waals surface area contributed by atoms with Gasteiger partial charge in [-0.2, -0.15) is 9.97 Å². The molecule has 45 heavy (non-hydrogen) atoms. The number of benzene rings is 2. The number of piperidine rings is 1. The van der Waals surface area contributed by atoms with Crippen molar-refractivity contribution in [1.82, 2.24) is 19.8 Å². The van der Waals surface area contributed by atoms with Gasteiger partial charge in [-0.1, -0.05) is 17.7 Å². The third-order valence-electron chi connectivity index (χ3n) is 8.68. The monoisotopic (exact) mass is 643 g/mol. The number of amides is 1. The molecular weight excluding hydrogens is 604 g/mol. The minimum Gasteiger partial charge on any atom is -0.496 e. The lowest BCUT2D eigenvalue weighted by molar-refractivity contribution is 0.0240. The van der Waals surface area contributed by atoms with Gasteiger partial charge in [0.15, 0.2) is 5.82 Å². The molecule has 1 amide bonds. The van der Waals surface area contributed by atoms with Gasteiger partial charge in [0.25, 0.3) is 0 Å². The third-order valence-corrected chi connectivity index (χ3v) is 8.98. The number of fused-ring (bicyclic) bond motifs is 1. The SMILES string of the molecule is COc1cccc(F)c1-c1c(Cl)cc2c(N3CCN(C(=O)OC(C)(C)C)CC3)nc(OCC3CCN(C4CC4)CC3)nc2c1F. The summed E-state index contributed by atoms with van der Waals surface area (Å²) in [7, 11) is 1.39. The van der Waals surface area contributed by atoms with Crippen LogP contribution in [0.1, 0.15) is 46.5 Å². The van der Waals surface area contributed by atoms with Crippen LogP contribution in [0.4, 0.5) is 19.4 Å². The van der Waals surface area contributed by atoms with Crippen LogP contribution in [0.3, 0.4) is 0 Å². The summed E-state index contributed by atoms with van der Waals surface area (Å²) in [4.78, 5) is 28.1. The summed E-state index contributed by atoms with van der Waals surface area (Å²) in [6.07, 6.45) is 4.23. The number of hydrogen-bond acceptors (Lipinski definition) is 8. The maximum atomic E-state index is 16.5. The zero-order valence-electron chi connectivity index (χ0n) is 26.2. The molecule has 0 bridgehead atoms. The Hall–Kier alpha value is -3.44. The minimum absolute atomic E-state index is 0.00303. The number of piperazine rings is 1. The summed E-state index contributed by atoms with van der Waals surface area (Å²) in [6, 6.07) is 6.63. The van der Waals surface area contributed by atoms with E-state index in [-0.39, 0.29) is 39.5 Å². The lowest BCUT2D eigenvalue weighted by Gasteiger charge is -2.36. The van der Waals surface area contributed by atoms with Crippen molar-refractivity contribution in [2.75, 3.05) is 57.9 Å². The summed E-state index contributed by atoms with van der Waals surface area (Å²) in [5.74, 6) is -0.532. The molecule has 0 radical (unpaired) electrons. The number of aromatic nitrogens is 2. The average molecular weight is 644 g/mol. The van der Waals surface area contributed by atoms with Crippen molar-refractivity contribution in [2.24, 2.45) is 5.92 Å². The van der Waals surface area contributed by atoms with E-state index >= 15 is 8.78 Å². The van der Waals surface area contributed by atoms with Crippen LogP contribution in [0.5, 0.6) is 11.8 Å². The zero-order valence-corrected chi connectivity index (χ0v) is 27.0.